The van der Waals surface area contributed by atoms with Crippen molar-refractivity contribution in [2.75, 3.05) is 0 Å². The molecule has 0 amide bonds. The van der Waals surface area contributed by atoms with Gasteiger partial charge in [-0.1, -0.05) is 166 Å². The Hall–Kier alpha value is -6.52. The van der Waals surface area contributed by atoms with Crippen LogP contribution < -0.4 is 0 Å². The molecular weight excluding hydrogens is 815 g/mol. The normalized spacial score (nSPS) is 14.7. The van der Waals surface area contributed by atoms with Gasteiger partial charge < -0.3 is 5.11 Å². The van der Waals surface area contributed by atoms with E-state index in [4.69, 9.17) is 9.97 Å². The molecular formula is C63H65N3O. The van der Waals surface area contributed by atoms with Crippen LogP contribution in [0, 0.1) is 5.41 Å². The molecule has 2 aromatic heterocycles. The molecule has 1 fully saturated rings. The van der Waals surface area contributed by atoms with Crippen molar-refractivity contribution in [2.45, 2.75) is 118 Å². The minimum absolute atomic E-state index is 0.166. The summed E-state index contributed by atoms with van der Waals surface area (Å²) in [6, 6.07) is 51.1. The van der Waals surface area contributed by atoms with E-state index in [-0.39, 0.29) is 22.5 Å². The smallest absolute Gasteiger partial charge is 0.149 e. The third kappa shape index (κ3) is 8.34. The average Bonchev–Trinajstić information content (AvgIpc) is 3.70. The maximum atomic E-state index is 12.5. The summed E-state index contributed by atoms with van der Waals surface area (Å²) in [6.07, 6.45) is 7.06. The third-order valence-corrected chi connectivity index (χ3v) is 14.8. The Balaban J connectivity index is 1.17. The summed E-state index contributed by atoms with van der Waals surface area (Å²) in [5, 5.41) is 17.0. The lowest BCUT2D eigenvalue weighted by Crippen LogP contribution is -2.20. The molecule has 1 saturated carbocycles. The number of rotatable bonds is 7. The van der Waals surface area contributed by atoms with Gasteiger partial charge in [-0.3, -0.25) is 9.55 Å². The van der Waals surface area contributed by atoms with Crippen LogP contribution >= 0.6 is 0 Å². The van der Waals surface area contributed by atoms with Gasteiger partial charge in [-0.25, -0.2) is 4.98 Å². The highest BCUT2D eigenvalue weighted by molar-refractivity contribution is 6.19. The van der Waals surface area contributed by atoms with Crippen LogP contribution in [0.15, 0.2) is 146 Å². The summed E-state index contributed by atoms with van der Waals surface area (Å²) in [7, 11) is 0. The summed E-state index contributed by atoms with van der Waals surface area (Å²) in [5.74, 6) is 1.86. The number of fused-ring (bicyclic) bond motifs is 5. The number of phenolic OH excluding ortho intramolecular Hbond substituents is 1. The molecule has 10 rings (SSSR count). The van der Waals surface area contributed by atoms with Crippen LogP contribution in [0.1, 0.15) is 129 Å². The maximum Gasteiger partial charge on any atom is 0.149 e. The predicted octanol–water partition coefficient (Wildman–Crippen LogP) is 17.5. The summed E-state index contributed by atoms with van der Waals surface area (Å²) in [5.41, 5.74) is 15.1. The van der Waals surface area contributed by atoms with Crippen molar-refractivity contribution in [2.24, 2.45) is 5.41 Å². The molecule has 0 spiro atoms. The van der Waals surface area contributed by atoms with Gasteiger partial charge in [0, 0.05) is 22.7 Å². The van der Waals surface area contributed by atoms with E-state index in [1.807, 2.05) is 6.20 Å². The number of benzene rings is 7. The molecule has 338 valence electrons. The van der Waals surface area contributed by atoms with E-state index in [2.05, 4.69) is 213 Å². The van der Waals surface area contributed by atoms with Crippen LogP contribution in [0.2, 0.25) is 0 Å². The Kier molecular flexibility index (Phi) is 11.0. The number of pyridine rings is 1. The predicted molar refractivity (Wildman–Crippen MR) is 284 cm³/mol. The lowest BCUT2D eigenvalue weighted by Gasteiger charge is -2.34. The molecule has 0 saturated heterocycles. The van der Waals surface area contributed by atoms with Crippen molar-refractivity contribution in [3.8, 4) is 56.3 Å². The highest BCUT2D eigenvalue weighted by Crippen LogP contribution is 2.47. The van der Waals surface area contributed by atoms with E-state index in [0.29, 0.717) is 11.3 Å². The molecule has 7 aromatic carbocycles. The van der Waals surface area contributed by atoms with Crippen LogP contribution in [0.4, 0.5) is 0 Å². The quantitative estimate of drug-likeness (QED) is 0.162. The van der Waals surface area contributed by atoms with E-state index in [1.165, 1.54) is 53.5 Å². The minimum atomic E-state index is -0.307. The topological polar surface area (TPSA) is 50.9 Å². The number of hydrogen-bond donors (Lipinski definition) is 1. The lowest BCUT2D eigenvalue weighted by atomic mass is 9.71. The first-order valence-electron chi connectivity index (χ1n) is 24.5. The van der Waals surface area contributed by atoms with Gasteiger partial charge in [-0.2, -0.15) is 0 Å². The molecule has 0 aliphatic heterocycles. The van der Waals surface area contributed by atoms with Gasteiger partial charge in [0.2, 0.25) is 0 Å². The van der Waals surface area contributed by atoms with E-state index in [0.717, 1.165) is 77.6 Å². The van der Waals surface area contributed by atoms with Gasteiger partial charge in [-0.05, 0) is 151 Å². The van der Waals surface area contributed by atoms with Crippen molar-refractivity contribution < 1.29 is 5.11 Å². The number of imidazole rings is 1. The number of hydrogen-bond acceptors (Lipinski definition) is 3. The molecule has 0 bridgehead atoms. The number of phenols is 1. The highest BCUT2D eigenvalue weighted by atomic mass is 16.3. The van der Waals surface area contributed by atoms with Gasteiger partial charge >= 0.3 is 0 Å². The lowest BCUT2D eigenvalue weighted by molar-refractivity contribution is 0.224. The van der Waals surface area contributed by atoms with Crippen LogP contribution in [-0.4, -0.2) is 19.6 Å². The van der Waals surface area contributed by atoms with Gasteiger partial charge in [0.05, 0.1) is 28.0 Å². The zero-order valence-corrected chi connectivity index (χ0v) is 41.1. The van der Waals surface area contributed by atoms with E-state index < -0.39 is 0 Å². The molecule has 1 aliphatic rings. The number of aromatic hydroxyl groups is 1. The minimum Gasteiger partial charge on any atom is -0.507 e. The average molecular weight is 880 g/mol. The van der Waals surface area contributed by atoms with Crippen LogP contribution in [0.5, 0.6) is 5.75 Å². The molecule has 4 heteroatoms. The third-order valence-electron chi connectivity index (χ3n) is 14.8. The summed E-state index contributed by atoms with van der Waals surface area (Å²) < 4.78 is 2.32. The molecule has 1 N–H and O–H groups in total. The van der Waals surface area contributed by atoms with Crippen molar-refractivity contribution in [3.05, 3.63) is 168 Å². The first-order valence-corrected chi connectivity index (χ1v) is 24.5. The molecule has 2 heterocycles. The summed E-state index contributed by atoms with van der Waals surface area (Å²) >= 11 is 0. The fourth-order valence-corrected chi connectivity index (χ4v) is 10.6. The monoisotopic (exact) mass is 880 g/mol. The second-order valence-electron chi connectivity index (χ2n) is 22.5. The van der Waals surface area contributed by atoms with Crippen molar-refractivity contribution in [1.29, 1.82) is 0 Å². The molecule has 0 atom stereocenters. The zero-order valence-electron chi connectivity index (χ0n) is 41.1. The molecule has 0 radical (unpaired) electrons. The molecule has 67 heavy (non-hydrogen) atoms. The SMILES string of the molecule is CC(C)c1cc(-c2ccccc2)ccc1-n1c(-c2cc(C(C)(C)C)cc(C(C)(C)C)c2O)nc2c3c(ccc4ccc(-c5cc(-c6ccc(C7CCC(C)(C)CC7)cc6)ccn5)cc43)ccc21. The standard InChI is InChI=1S/C63H65N3O/c1-39(2)50-34-46(40-14-12-11-13-15-40)25-26-55(50)66-56-27-24-45-22-20-44-21-23-48(54-36-47(30-33-64-54)42-18-16-41(17-19-42)43-28-31-63(9,10)32-29-43)35-51(44)57(45)58(56)65-60(66)52-37-49(61(3,4)5)38-53(59(52)67)62(6,7)8/h11-27,30,33-39,43,67H,28-29,31-32H2,1-10H3. The number of nitrogens with zero attached hydrogens (tertiary/aromatic N) is 3. The number of aromatic nitrogens is 3. The Morgan fingerprint density at radius 1 is 0.642 bits per heavy atom. The first-order chi connectivity index (χ1) is 31.9. The largest absolute Gasteiger partial charge is 0.507 e. The maximum absolute atomic E-state index is 12.5. The van der Waals surface area contributed by atoms with Gasteiger partial charge in [-0.15, -0.1) is 0 Å². The highest BCUT2D eigenvalue weighted by Gasteiger charge is 2.30. The Morgan fingerprint density at radius 3 is 1.99 bits per heavy atom. The van der Waals surface area contributed by atoms with Crippen LogP contribution in [0.25, 0.3) is 83.2 Å². The summed E-state index contributed by atoms with van der Waals surface area (Å²) in [6.45, 7) is 22.6. The van der Waals surface area contributed by atoms with E-state index >= 15 is 0 Å². The second-order valence-corrected chi connectivity index (χ2v) is 22.5. The summed E-state index contributed by atoms with van der Waals surface area (Å²) in [4.78, 5) is 10.7. The van der Waals surface area contributed by atoms with Gasteiger partial charge in [0.15, 0.2) is 0 Å². The Bertz CT molecular complexity index is 3310. The van der Waals surface area contributed by atoms with E-state index in [9.17, 15) is 5.11 Å². The fraction of sp³-hybridized carbons (Fsp3) is 0.302. The molecule has 9 aromatic rings. The molecule has 4 nitrogen and oxygen atoms in total. The molecule has 1 aliphatic carbocycles. The van der Waals surface area contributed by atoms with Crippen LogP contribution in [0.3, 0.4) is 0 Å². The van der Waals surface area contributed by atoms with Gasteiger partial charge in [0.25, 0.3) is 0 Å². The van der Waals surface area contributed by atoms with Crippen LogP contribution in [-0.2, 0) is 10.8 Å². The zero-order chi connectivity index (χ0) is 47.0. The van der Waals surface area contributed by atoms with Crippen molar-refractivity contribution >= 4 is 32.6 Å². The van der Waals surface area contributed by atoms with E-state index in [1.54, 1.807) is 0 Å². The second kappa shape index (κ2) is 16.7. The van der Waals surface area contributed by atoms with Gasteiger partial charge in [0.1, 0.15) is 11.6 Å². The first kappa shape index (κ1) is 44.3. The molecule has 0 unspecified atom stereocenters. The van der Waals surface area contributed by atoms with Crippen molar-refractivity contribution in [3.63, 3.8) is 0 Å². The Morgan fingerprint density at radius 2 is 1.28 bits per heavy atom. The fourth-order valence-electron chi connectivity index (χ4n) is 10.6. The Labute approximate surface area is 397 Å². The van der Waals surface area contributed by atoms with Crippen molar-refractivity contribution in [1.82, 2.24) is 14.5 Å².